The minimum Gasteiger partial charge on any atom is -0.457 e. The summed E-state index contributed by atoms with van der Waals surface area (Å²) in [6, 6.07) is 9.84. The third kappa shape index (κ3) is 9.70. The fourth-order valence-corrected chi connectivity index (χ4v) is 5.69. The Bertz CT molecular complexity index is 1190. The summed E-state index contributed by atoms with van der Waals surface area (Å²) in [7, 11) is 0. The van der Waals surface area contributed by atoms with Crippen molar-refractivity contribution < 1.29 is 29.3 Å². The van der Waals surface area contributed by atoms with Gasteiger partial charge in [0.25, 0.3) is 0 Å². The topological polar surface area (TPSA) is 106 Å². The molecule has 2 heterocycles. The number of cyclic esters (lactones) is 1. The number of benzene rings is 1. The molecule has 0 amide bonds. The summed E-state index contributed by atoms with van der Waals surface area (Å²) in [5.74, 6) is -1.87. The van der Waals surface area contributed by atoms with Crippen molar-refractivity contribution in [2.45, 2.75) is 91.6 Å². The summed E-state index contributed by atoms with van der Waals surface area (Å²) >= 11 is 1.56. The molecule has 7 nitrogen and oxygen atoms in total. The van der Waals surface area contributed by atoms with Crippen molar-refractivity contribution in [3.05, 3.63) is 69.7 Å². The van der Waals surface area contributed by atoms with Crippen molar-refractivity contribution in [3.63, 3.8) is 0 Å². The number of carbonyl (C=O) groups excluding carboxylic acids is 2. The van der Waals surface area contributed by atoms with Crippen LogP contribution < -0.4 is 0 Å². The van der Waals surface area contributed by atoms with Crippen LogP contribution >= 0.6 is 11.3 Å². The van der Waals surface area contributed by atoms with Gasteiger partial charge in [0.1, 0.15) is 11.9 Å². The van der Waals surface area contributed by atoms with Gasteiger partial charge in [-0.2, -0.15) is 0 Å². The Hall–Kier alpha value is -2.65. The smallest absolute Gasteiger partial charge is 0.309 e. The highest BCUT2D eigenvalue weighted by atomic mass is 32.1. The van der Waals surface area contributed by atoms with Gasteiger partial charge in [0, 0.05) is 23.6 Å². The summed E-state index contributed by atoms with van der Waals surface area (Å²) in [6.07, 6.45) is 5.69. The average molecular weight is 584 g/mol. The number of allylic oxidation sites excluding steroid dienone is 1. The maximum atomic E-state index is 13.6. The molecule has 0 radical (unpaired) electrons. The Kier molecular flexibility index (Phi) is 12.5. The molecular formula is C33H45NO6S. The van der Waals surface area contributed by atoms with E-state index in [0.29, 0.717) is 26.1 Å². The first-order valence-electron chi connectivity index (χ1n) is 14.5. The van der Waals surface area contributed by atoms with Crippen LogP contribution in [0.5, 0.6) is 0 Å². The Balaban J connectivity index is 1.79. The molecule has 2 aromatic rings. The Morgan fingerprint density at radius 1 is 1.20 bits per heavy atom. The predicted molar refractivity (Wildman–Crippen MR) is 162 cm³/mol. The van der Waals surface area contributed by atoms with E-state index >= 15 is 0 Å². The molecule has 2 N–H and O–H groups in total. The van der Waals surface area contributed by atoms with Crippen LogP contribution in [0.1, 0.15) is 76.1 Å². The van der Waals surface area contributed by atoms with Crippen LogP contribution in [-0.4, -0.2) is 51.9 Å². The molecule has 0 saturated heterocycles. The number of esters is 1. The van der Waals surface area contributed by atoms with Crippen molar-refractivity contribution in [2.75, 3.05) is 6.61 Å². The molecule has 0 saturated carbocycles. The minimum atomic E-state index is -1.26. The molecule has 41 heavy (non-hydrogen) atoms. The standard InChI is InChI=1S/C33H45NO6S/c1-22(17-27-21-41-24(3)34-27)28-16-12-7-6-11-15-26(20-39-19-25-13-9-8-10-14-25)31(37)23(2)32(38)33(4,5)29(35)18-30(36)40-28/h7-10,12-14,17,21,23,26,28-29,31,35,37H,6,11,15-16,18-20H2,1-5H3/b12-7-,22-17+/t23-,26-,28+,29?,31?/m1/s1. The molecule has 0 bridgehead atoms. The normalized spacial score (nSPS) is 27.8. The monoisotopic (exact) mass is 583 g/mol. The molecule has 1 aliphatic heterocycles. The first-order valence-corrected chi connectivity index (χ1v) is 15.3. The maximum Gasteiger partial charge on any atom is 0.309 e. The number of ketones is 1. The van der Waals surface area contributed by atoms with Gasteiger partial charge < -0.3 is 19.7 Å². The Morgan fingerprint density at radius 2 is 1.93 bits per heavy atom. The summed E-state index contributed by atoms with van der Waals surface area (Å²) < 4.78 is 11.8. The van der Waals surface area contributed by atoms with Crippen LogP contribution in [-0.2, 0) is 25.7 Å². The van der Waals surface area contributed by atoms with Gasteiger partial charge >= 0.3 is 5.97 Å². The van der Waals surface area contributed by atoms with Gasteiger partial charge in [0.05, 0.1) is 48.0 Å². The van der Waals surface area contributed by atoms with Gasteiger partial charge in [0.15, 0.2) is 0 Å². The zero-order valence-electron chi connectivity index (χ0n) is 24.9. The van der Waals surface area contributed by atoms with Crippen LogP contribution in [0.3, 0.4) is 0 Å². The number of hydrogen-bond acceptors (Lipinski definition) is 8. The molecule has 3 rings (SSSR count). The number of aryl methyl sites for hydroxylation is 1. The van der Waals surface area contributed by atoms with Gasteiger partial charge in [-0.05, 0) is 50.3 Å². The van der Waals surface area contributed by atoms with Crippen LogP contribution in [0, 0.1) is 24.2 Å². The van der Waals surface area contributed by atoms with Crippen molar-refractivity contribution in [1.82, 2.24) is 4.98 Å². The number of Topliss-reactive ketones (excluding diaryl/α,β-unsaturated/α-hetero) is 1. The van der Waals surface area contributed by atoms with Crippen molar-refractivity contribution in [1.29, 1.82) is 0 Å². The summed E-state index contributed by atoms with van der Waals surface area (Å²) in [4.78, 5) is 31.0. The molecule has 1 aromatic carbocycles. The number of carbonyl (C=O) groups is 2. The zero-order chi connectivity index (χ0) is 30.0. The van der Waals surface area contributed by atoms with E-state index in [1.54, 1.807) is 32.1 Å². The van der Waals surface area contributed by atoms with Gasteiger partial charge in [0.2, 0.25) is 0 Å². The maximum absolute atomic E-state index is 13.6. The third-order valence-electron chi connectivity index (χ3n) is 7.94. The van der Waals surface area contributed by atoms with Gasteiger partial charge in [-0.25, -0.2) is 4.98 Å². The van der Waals surface area contributed by atoms with Crippen LogP contribution in [0.25, 0.3) is 6.08 Å². The van der Waals surface area contributed by atoms with E-state index in [1.165, 1.54) is 0 Å². The second-order valence-corrected chi connectivity index (χ2v) is 12.7. The number of nitrogens with zero attached hydrogens (tertiary/aromatic N) is 1. The van der Waals surface area contributed by atoms with Gasteiger partial charge in [-0.3, -0.25) is 9.59 Å². The second kappa shape index (κ2) is 15.5. The largest absolute Gasteiger partial charge is 0.457 e. The summed E-state index contributed by atoms with van der Waals surface area (Å²) in [5, 5.41) is 25.2. The number of aliphatic hydroxyl groups is 2. The van der Waals surface area contributed by atoms with E-state index in [4.69, 9.17) is 9.47 Å². The molecule has 0 fully saturated rings. The lowest BCUT2D eigenvalue weighted by Crippen LogP contribution is -2.46. The molecule has 2 unspecified atom stereocenters. The number of ether oxygens (including phenoxy) is 2. The van der Waals surface area contributed by atoms with E-state index < -0.39 is 35.6 Å². The molecule has 1 aliphatic rings. The van der Waals surface area contributed by atoms with Crippen LogP contribution in [0.4, 0.5) is 0 Å². The molecule has 0 aliphatic carbocycles. The lowest BCUT2D eigenvalue weighted by Gasteiger charge is -2.35. The van der Waals surface area contributed by atoms with E-state index in [2.05, 4.69) is 11.1 Å². The first-order chi connectivity index (χ1) is 19.5. The zero-order valence-corrected chi connectivity index (χ0v) is 25.7. The predicted octanol–water partition coefficient (Wildman–Crippen LogP) is 6.07. The number of aliphatic hydroxyl groups excluding tert-OH is 2. The van der Waals surface area contributed by atoms with Crippen molar-refractivity contribution in [3.8, 4) is 0 Å². The number of aromatic nitrogens is 1. The van der Waals surface area contributed by atoms with Gasteiger partial charge in [-0.15, -0.1) is 11.3 Å². The van der Waals surface area contributed by atoms with Crippen LogP contribution in [0.15, 0.2) is 53.4 Å². The van der Waals surface area contributed by atoms with E-state index in [1.807, 2.05) is 61.7 Å². The highest BCUT2D eigenvalue weighted by Crippen LogP contribution is 2.32. The third-order valence-corrected chi connectivity index (χ3v) is 8.73. The minimum absolute atomic E-state index is 0.253. The first kappa shape index (κ1) is 32.9. The molecular weight excluding hydrogens is 538 g/mol. The molecule has 1 aromatic heterocycles. The second-order valence-electron chi connectivity index (χ2n) is 11.6. The summed E-state index contributed by atoms with van der Waals surface area (Å²) in [5.41, 5.74) is 1.45. The summed E-state index contributed by atoms with van der Waals surface area (Å²) in [6.45, 7) is 9.52. The number of rotatable bonds is 6. The van der Waals surface area contributed by atoms with Gasteiger partial charge in [-0.1, -0.05) is 63.3 Å². The quantitative estimate of drug-likeness (QED) is 0.314. The number of hydrogen-bond donors (Lipinski definition) is 2. The van der Waals surface area contributed by atoms with E-state index in [0.717, 1.165) is 34.7 Å². The Morgan fingerprint density at radius 3 is 2.61 bits per heavy atom. The highest BCUT2D eigenvalue weighted by molar-refractivity contribution is 7.09. The van der Waals surface area contributed by atoms with Crippen molar-refractivity contribution >= 4 is 29.2 Å². The van der Waals surface area contributed by atoms with Crippen molar-refractivity contribution in [2.24, 2.45) is 17.3 Å². The lowest BCUT2D eigenvalue weighted by molar-refractivity contribution is -0.154. The van der Waals surface area contributed by atoms with Crippen LogP contribution in [0.2, 0.25) is 0 Å². The SMILES string of the molecule is C/C(=C\c1csc(C)n1)[C@@H]1C/C=C\CCC[C@H](COCc2ccccc2)C(O)[C@@H](C)C(=O)C(C)(C)C(O)CC(=O)O1. The fraction of sp³-hybridized carbons (Fsp3) is 0.545. The fourth-order valence-electron chi connectivity index (χ4n) is 5.12. The molecule has 5 atom stereocenters. The molecule has 0 spiro atoms. The Labute approximate surface area is 248 Å². The molecule has 224 valence electrons. The van der Waals surface area contributed by atoms with E-state index in [9.17, 15) is 19.8 Å². The number of thiazole rings is 1. The van der Waals surface area contributed by atoms with E-state index in [-0.39, 0.29) is 18.1 Å². The average Bonchev–Trinajstić information content (AvgIpc) is 3.35. The highest BCUT2D eigenvalue weighted by Gasteiger charge is 2.43. The molecule has 8 heteroatoms. The lowest BCUT2D eigenvalue weighted by atomic mass is 9.73.